The van der Waals surface area contributed by atoms with Crippen molar-refractivity contribution in [2.24, 2.45) is 5.73 Å². The van der Waals surface area contributed by atoms with Crippen molar-refractivity contribution >= 4 is 0 Å². The Morgan fingerprint density at radius 2 is 1.50 bits per heavy atom. The van der Waals surface area contributed by atoms with Crippen molar-refractivity contribution in [3.05, 3.63) is 78.0 Å². The second-order valence-electron chi connectivity index (χ2n) is 4.49. The molecular formula is C16H17FN. The summed E-state index contributed by atoms with van der Waals surface area (Å²) >= 11 is 0. The SMILES string of the molecule is CC(N)[CH]C(c1ccccc1)c1ccc(F)cc1. The highest BCUT2D eigenvalue weighted by atomic mass is 19.1. The van der Waals surface area contributed by atoms with Gasteiger partial charge in [0.2, 0.25) is 0 Å². The Morgan fingerprint density at radius 1 is 0.944 bits per heavy atom. The van der Waals surface area contributed by atoms with Crippen LogP contribution in [0.25, 0.3) is 0 Å². The number of hydrogen-bond donors (Lipinski definition) is 1. The quantitative estimate of drug-likeness (QED) is 0.872. The predicted octanol–water partition coefficient (Wildman–Crippen LogP) is 3.51. The van der Waals surface area contributed by atoms with Crippen LogP contribution in [0, 0.1) is 12.2 Å². The molecule has 0 aliphatic carbocycles. The van der Waals surface area contributed by atoms with Gasteiger partial charge in [-0.3, -0.25) is 0 Å². The van der Waals surface area contributed by atoms with E-state index in [0.29, 0.717) is 0 Å². The Labute approximate surface area is 107 Å². The fourth-order valence-corrected chi connectivity index (χ4v) is 2.05. The summed E-state index contributed by atoms with van der Waals surface area (Å²) in [5.74, 6) is -0.113. The summed E-state index contributed by atoms with van der Waals surface area (Å²) in [6, 6.07) is 16.7. The lowest BCUT2D eigenvalue weighted by Crippen LogP contribution is -2.20. The van der Waals surface area contributed by atoms with E-state index >= 15 is 0 Å². The van der Waals surface area contributed by atoms with Crippen LogP contribution in [0.5, 0.6) is 0 Å². The number of benzene rings is 2. The van der Waals surface area contributed by atoms with E-state index in [4.69, 9.17) is 5.73 Å². The van der Waals surface area contributed by atoms with Crippen molar-refractivity contribution < 1.29 is 4.39 Å². The molecule has 2 unspecified atom stereocenters. The summed E-state index contributed by atoms with van der Waals surface area (Å²) in [6.07, 6.45) is 2.07. The lowest BCUT2D eigenvalue weighted by Gasteiger charge is -2.19. The first-order valence-corrected chi connectivity index (χ1v) is 6.08. The highest BCUT2D eigenvalue weighted by Gasteiger charge is 2.16. The molecule has 0 bridgehead atoms. The van der Waals surface area contributed by atoms with Crippen molar-refractivity contribution in [1.82, 2.24) is 0 Å². The molecule has 2 heteroatoms. The van der Waals surface area contributed by atoms with Crippen LogP contribution < -0.4 is 5.73 Å². The highest BCUT2D eigenvalue weighted by Crippen LogP contribution is 2.28. The van der Waals surface area contributed by atoms with Crippen molar-refractivity contribution in [1.29, 1.82) is 0 Å². The van der Waals surface area contributed by atoms with Crippen LogP contribution in [0.1, 0.15) is 24.0 Å². The molecule has 0 fully saturated rings. The minimum absolute atomic E-state index is 0.0136. The first-order chi connectivity index (χ1) is 8.66. The van der Waals surface area contributed by atoms with Gasteiger partial charge in [-0.2, -0.15) is 0 Å². The molecule has 2 atom stereocenters. The third kappa shape index (κ3) is 3.17. The Balaban J connectivity index is 2.33. The van der Waals surface area contributed by atoms with Gasteiger partial charge in [-0.1, -0.05) is 42.5 Å². The molecule has 2 rings (SSSR count). The zero-order valence-corrected chi connectivity index (χ0v) is 10.4. The van der Waals surface area contributed by atoms with Gasteiger partial charge >= 0.3 is 0 Å². The van der Waals surface area contributed by atoms with Crippen LogP contribution in [0.2, 0.25) is 0 Å². The fraction of sp³-hybridized carbons (Fsp3) is 0.188. The predicted molar refractivity (Wildman–Crippen MR) is 72.6 cm³/mol. The van der Waals surface area contributed by atoms with E-state index in [2.05, 4.69) is 18.6 Å². The van der Waals surface area contributed by atoms with Crippen molar-refractivity contribution in [2.45, 2.75) is 18.9 Å². The van der Waals surface area contributed by atoms with Crippen molar-refractivity contribution in [3.63, 3.8) is 0 Å². The number of hydrogen-bond acceptors (Lipinski definition) is 1. The second-order valence-corrected chi connectivity index (χ2v) is 4.49. The highest BCUT2D eigenvalue weighted by molar-refractivity contribution is 5.36. The van der Waals surface area contributed by atoms with E-state index in [1.165, 1.54) is 17.7 Å². The molecule has 0 heterocycles. The van der Waals surface area contributed by atoms with E-state index in [1.54, 1.807) is 0 Å². The summed E-state index contributed by atoms with van der Waals surface area (Å²) in [6.45, 7) is 1.94. The second kappa shape index (κ2) is 5.78. The molecule has 0 aliphatic heterocycles. The van der Waals surface area contributed by atoms with Gasteiger partial charge in [0.25, 0.3) is 0 Å². The van der Waals surface area contributed by atoms with Gasteiger partial charge in [0, 0.05) is 12.0 Å². The van der Waals surface area contributed by atoms with E-state index < -0.39 is 0 Å². The summed E-state index contributed by atoms with van der Waals surface area (Å²) < 4.78 is 13.0. The topological polar surface area (TPSA) is 26.0 Å². The number of nitrogens with two attached hydrogens (primary N) is 1. The minimum atomic E-state index is -0.216. The standard InChI is InChI=1S/C16H17FN/c1-12(18)11-16(13-5-3-2-4-6-13)14-7-9-15(17)10-8-14/h2-12,16H,18H2,1H3. The van der Waals surface area contributed by atoms with Crippen LogP contribution >= 0.6 is 0 Å². The third-order valence-electron chi connectivity index (χ3n) is 2.88. The monoisotopic (exact) mass is 242 g/mol. The van der Waals surface area contributed by atoms with Crippen molar-refractivity contribution in [2.75, 3.05) is 0 Å². The van der Waals surface area contributed by atoms with E-state index in [9.17, 15) is 4.39 Å². The lowest BCUT2D eigenvalue weighted by molar-refractivity contribution is 0.626. The van der Waals surface area contributed by atoms with Crippen molar-refractivity contribution in [3.8, 4) is 0 Å². The molecule has 0 aromatic heterocycles. The number of halogens is 1. The Kier molecular flexibility index (Phi) is 4.11. The molecule has 1 nitrogen and oxygen atoms in total. The minimum Gasteiger partial charge on any atom is -0.328 e. The molecule has 0 amide bonds. The van der Waals surface area contributed by atoms with E-state index in [-0.39, 0.29) is 17.8 Å². The van der Waals surface area contributed by atoms with Gasteiger partial charge in [-0.25, -0.2) is 4.39 Å². The first kappa shape index (κ1) is 12.8. The molecule has 2 N–H and O–H groups in total. The summed E-state index contributed by atoms with van der Waals surface area (Å²) in [7, 11) is 0. The summed E-state index contributed by atoms with van der Waals surface area (Å²) in [4.78, 5) is 0. The van der Waals surface area contributed by atoms with E-state index in [0.717, 1.165) is 5.56 Å². The first-order valence-electron chi connectivity index (χ1n) is 6.08. The molecule has 2 aromatic carbocycles. The smallest absolute Gasteiger partial charge is 0.123 e. The molecular weight excluding hydrogens is 225 g/mol. The van der Waals surface area contributed by atoms with Crippen LogP contribution in [0.4, 0.5) is 4.39 Å². The van der Waals surface area contributed by atoms with Crippen LogP contribution in [-0.4, -0.2) is 6.04 Å². The van der Waals surface area contributed by atoms with Gasteiger partial charge in [0.05, 0.1) is 0 Å². The zero-order valence-electron chi connectivity index (χ0n) is 10.4. The molecule has 0 aliphatic rings. The summed E-state index contributed by atoms with van der Waals surface area (Å²) in [5, 5.41) is 0. The Hall–Kier alpha value is -1.67. The van der Waals surface area contributed by atoms with Gasteiger partial charge in [-0.05, 0) is 36.6 Å². The average Bonchev–Trinajstić information content (AvgIpc) is 2.38. The Bertz CT molecular complexity index is 476. The molecule has 2 aromatic rings. The van der Waals surface area contributed by atoms with Gasteiger partial charge in [0.1, 0.15) is 5.82 Å². The maximum absolute atomic E-state index is 13.0. The largest absolute Gasteiger partial charge is 0.328 e. The third-order valence-corrected chi connectivity index (χ3v) is 2.88. The molecule has 0 spiro atoms. The van der Waals surface area contributed by atoms with Crippen LogP contribution in [0.15, 0.2) is 54.6 Å². The summed E-state index contributed by atoms with van der Waals surface area (Å²) in [5.41, 5.74) is 8.09. The van der Waals surface area contributed by atoms with Crippen LogP contribution in [0.3, 0.4) is 0 Å². The molecule has 18 heavy (non-hydrogen) atoms. The van der Waals surface area contributed by atoms with Gasteiger partial charge in [0.15, 0.2) is 0 Å². The van der Waals surface area contributed by atoms with Gasteiger partial charge in [-0.15, -0.1) is 0 Å². The maximum Gasteiger partial charge on any atom is 0.123 e. The zero-order chi connectivity index (χ0) is 13.0. The fourth-order valence-electron chi connectivity index (χ4n) is 2.05. The molecule has 0 saturated heterocycles. The van der Waals surface area contributed by atoms with Gasteiger partial charge < -0.3 is 5.73 Å². The van der Waals surface area contributed by atoms with E-state index in [1.807, 2.05) is 37.3 Å². The van der Waals surface area contributed by atoms with Crippen LogP contribution in [-0.2, 0) is 0 Å². The number of rotatable bonds is 4. The average molecular weight is 242 g/mol. The lowest BCUT2D eigenvalue weighted by atomic mass is 9.86. The molecule has 1 radical (unpaired) electrons. The molecule has 0 saturated carbocycles. The Morgan fingerprint density at radius 3 is 2.06 bits per heavy atom. The maximum atomic E-state index is 13.0. The normalized spacial score (nSPS) is 14.2. The molecule has 93 valence electrons.